The first kappa shape index (κ1) is 26.3. The van der Waals surface area contributed by atoms with Gasteiger partial charge in [-0.2, -0.15) is 0 Å². The monoisotopic (exact) mass is 467 g/mol. The summed E-state index contributed by atoms with van der Waals surface area (Å²) in [5.74, 6) is 0.0369. The number of nitrogens with one attached hydrogen (secondary N) is 1. The summed E-state index contributed by atoms with van der Waals surface area (Å²) in [4.78, 5) is 1.83. The number of nitrogens with zero attached hydrogens (tertiary/aromatic N) is 2. The minimum absolute atomic E-state index is 0.0363. The maximum Gasteiger partial charge on any atom is 0.177 e. The Bertz CT molecular complexity index is 1160. The van der Waals surface area contributed by atoms with Gasteiger partial charge < -0.3 is 20.1 Å². The van der Waals surface area contributed by atoms with E-state index in [4.69, 9.17) is 12.2 Å². The van der Waals surface area contributed by atoms with Crippen molar-refractivity contribution in [1.82, 2.24) is 9.88 Å². The number of aromatic nitrogens is 1. The summed E-state index contributed by atoms with van der Waals surface area (Å²) in [7, 11) is 1.77. The lowest BCUT2D eigenvalue weighted by molar-refractivity contribution is 0.445. The van der Waals surface area contributed by atoms with E-state index in [0.29, 0.717) is 22.8 Å². The van der Waals surface area contributed by atoms with E-state index < -0.39 is 0 Å². The second-order valence-electron chi connectivity index (χ2n) is 7.75. The van der Waals surface area contributed by atoms with E-state index in [1.807, 2.05) is 31.7 Å². The molecule has 2 aromatic carbocycles. The summed E-state index contributed by atoms with van der Waals surface area (Å²) in [5.41, 5.74) is 6.37. The summed E-state index contributed by atoms with van der Waals surface area (Å²) in [6, 6.07) is 9.40. The maximum absolute atomic E-state index is 10.5. The number of anilines is 1. The number of hydrogen-bond donors (Lipinski definition) is 3. The van der Waals surface area contributed by atoms with Crippen molar-refractivity contribution in [2.24, 2.45) is 0 Å². The molecule has 1 heterocycles. The zero-order valence-electron chi connectivity index (χ0n) is 20.9. The van der Waals surface area contributed by atoms with Crippen molar-refractivity contribution in [3.8, 4) is 11.5 Å². The van der Waals surface area contributed by atoms with Gasteiger partial charge in [0.25, 0.3) is 0 Å². The molecule has 3 rings (SSSR count). The molecular weight excluding hydrogens is 430 g/mol. The number of thiocarbonyl (C=S) groups is 1. The smallest absolute Gasteiger partial charge is 0.177 e. The van der Waals surface area contributed by atoms with Gasteiger partial charge in [0.2, 0.25) is 0 Å². The Kier molecular flexibility index (Phi) is 8.94. The molecule has 0 saturated heterocycles. The standard InChI is InChI=1S/C25H31N3O2S.C2H6/c1-7-11-27-16(4)15(3)20-13-19(9-10-22(20)27)28(25(31)26-6)17(5)21-12-18(8-2)23(29)14-24(21)30;1-2/h9-10,12-14,29-30H,5,7-8,11H2,1-4,6H3,(H,26,31);1-2H3. The lowest BCUT2D eigenvalue weighted by Crippen LogP contribution is -2.36. The Balaban J connectivity index is 0.00000187. The zero-order valence-corrected chi connectivity index (χ0v) is 21.7. The van der Waals surface area contributed by atoms with E-state index in [-0.39, 0.29) is 11.5 Å². The average Bonchev–Trinajstić information content (AvgIpc) is 3.05. The number of rotatable bonds is 6. The second-order valence-corrected chi connectivity index (χ2v) is 8.14. The molecule has 33 heavy (non-hydrogen) atoms. The third-order valence-electron chi connectivity index (χ3n) is 5.90. The highest BCUT2D eigenvalue weighted by Gasteiger charge is 2.22. The largest absolute Gasteiger partial charge is 0.508 e. The van der Waals surface area contributed by atoms with E-state index in [9.17, 15) is 10.2 Å². The van der Waals surface area contributed by atoms with E-state index in [0.717, 1.165) is 24.2 Å². The van der Waals surface area contributed by atoms with E-state index in [2.05, 4.69) is 49.4 Å². The van der Waals surface area contributed by atoms with Gasteiger partial charge in [-0.15, -0.1) is 0 Å². The topological polar surface area (TPSA) is 60.7 Å². The number of hydrogen-bond acceptors (Lipinski definition) is 3. The van der Waals surface area contributed by atoms with Crippen molar-refractivity contribution in [2.45, 2.75) is 60.9 Å². The van der Waals surface area contributed by atoms with Gasteiger partial charge >= 0.3 is 0 Å². The van der Waals surface area contributed by atoms with Gasteiger partial charge in [-0.3, -0.25) is 4.90 Å². The first-order valence-electron chi connectivity index (χ1n) is 11.6. The van der Waals surface area contributed by atoms with Gasteiger partial charge in [-0.25, -0.2) is 0 Å². The molecule has 0 atom stereocenters. The highest BCUT2D eigenvalue weighted by molar-refractivity contribution is 7.80. The number of benzene rings is 2. The van der Waals surface area contributed by atoms with Crippen molar-refractivity contribution in [1.29, 1.82) is 0 Å². The molecule has 0 aliphatic rings. The summed E-state index contributed by atoms with van der Waals surface area (Å²) in [6.07, 6.45) is 1.71. The Labute approximate surface area is 203 Å². The first-order chi connectivity index (χ1) is 15.7. The van der Waals surface area contributed by atoms with Crippen LogP contribution in [0, 0.1) is 13.8 Å². The van der Waals surface area contributed by atoms with Gasteiger partial charge in [0.15, 0.2) is 5.11 Å². The van der Waals surface area contributed by atoms with Gasteiger partial charge in [0, 0.05) is 47.5 Å². The van der Waals surface area contributed by atoms with Crippen molar-refractivity contribution in [2.75, 3.05) is 11.9 Å². The molecule has 0 spiro atoms. The van der Waals surface area contributed by atoms with Crippen molar-refractivity contribution in [3.63, 3.8) is 0 Å². The van der Waals surface area contributed by atoms with Crippen LogP contribution in [-0.2, 0) is 13.0 Å². The van der Waals surface area contributed by atoms with E-state index in [1.165, 1.54) is 28.2 Å². The Morgan fingerprint density at radius 2 is 1.76 bits per heavy atom. The van der Waals surface area contributed by atoms with Crippen LogP contribution in [0.4, 0.5) is 5.69 Å². The summed E-state index contributed by atoms with van der Waals surface area (Å²) < 4.78 is 2.35. The van der Waals surface area contributed by atoms with Crippen LogP contribution in [0.3, 0.4) is 0 Å². The molecule has 0 unspecified atom stereocenters. The summed E-state index contributed by atoms with van der Waals surface area (Å²) in [6.45, 7) is 17.6. The number of phenols is 2. The SMILES string of the molecule is C=C(c1cc(CC)c(O)cc1O)N(C(=S)NC)c1ccc2c(c1)c(C)c(C)n2CCC.CC. The fraction of sp³-hybridized carbons (Fsp3) is 0.370. The lowest BCUT2D eigenvalue weighted by Gasteiger charge is -2.28. The third-order valence-corrected chi connectivity index (χ3v) is 6.29. The van der Waals surface area contributed by atoms with E-state index in [1.54, 1.807) is 13.1 Å². The van der Waals surface area contributed by atoms with Gasteiger partial charge in [-0.05, 0) is 74.3 Å². The molecule has 6 heteroatoms. The van der Waals surface area contributed by atoms with Crippen LogP contribution < -0.4 is 10.2 Å². The highest BCUT2D eigenvalue weighted by atomic mass is 32.1. The molecule has 3 aromatic rings. The molecule has 0 bridgehead atoms. The summed E-state index contributed by atoms with van der Waals surface area (Å²) >= 11 is 5.61. The fourth-order valence-corrected chi connectivity index (χ4v) is 4.27. The molecule has 0 aliphatic heterocycles. The lowest BCUT2D eigenvalue weighted by atomic mass is 10.0. The quantitative estimate of drug-likeness (QED) is 0.354. The van der Waals surface area contributed by atoms with Crippen molar-refractivity contribution >= 4 is 39.6 Å². The molecule has 0 saturated carbocycles. The van der Waals surface area contributed by atoms with Crippen LogP contribution in [0.15, 0.2) is 36.9 Å². The molecule has 0 fully saturated rings. The molecule has 3 N–H and O–H groups in total. The van der Waals surface area contributed by atoms with Crippen LogP contribution in [0.5, 0.6) is 11.5 Å². The number of aryl methyl sites for hydroxylation is 3. The fourth-order valence-electron chi connectivity index (χ4n) is 4.05. The number of aromatic hydroxyl groups is 2. The van der Waals surface area contributed by atoms with Gasteiger partial charge in [0.05, 0.1) is 5.70 Å². The normalized spacial score (nSPS) is 10.5. The minimum atomic E-state index is -0.0363. The van der Waals surface area contributed by atoms with E-state index >= 15 is 0 Å². The molecule has 0 amide bonds. The molecule has 5 nitrogen and oxygen atoms in total. The van der Waals surface area contributed by atoms with Crippen LogP contribution in [-0.4, -0.2) is 26.9 Å². The third kappa shape index (κ3) is 5.01. The molecule has 1 aromatic heterocycles. The summed E-state index contributed by atoms with van der Waals surface area (Å²) in [5, 5.41) is 25.3. The number of phenolic OH excluding ortho intramolecular Hbond substituents is 2. The highest BCUT2D eigenvalue weighted by Crippen LogP contribution is 2.37. The van der Waals surface area contributed by atoms with Crippen molar-refractivity contribution < 1.29 is 10.2 Å². The first-order valence-corrected chi connectivity index (χ1v) is 12.0. The second kappa shape index (κ2) is 11.2. The average molecular weight is 468 g/mol. The molecule has 178 valence electrons. The van der Waals surface area contributed by atoms with Crippen LogP contribution in [0.2, 0.25) is 0 Å². The zero-order chi connectivity index (χ0) is 24.9. The van der Waals surface area contributed by atoms with Gasteiger partial charge in [-0.1, -0.05) is 34.3 Å². The molecular formula is C27H37N3O2S. The predicted octanol–water partition coefficient (Wildman–Crippen LogP) is 6.65. The Hall–Kier alpha value is -2.99. The van der Waals surface area contributed by atoms with Crippen LogP contribution in [0.1, 0.15) is 56.5 Å². The Morgan fingerprint density at radius 1 is 1.09 bits per heavy atom. The van der Waals surface area contributed by atoms with Crippen LogP contribution >= 0.6 is 12.2 Å². The van der Waals surface area contributed by atoms with Crippen molar-refractivity contribution in [3.05, 3.63) is 59.3 Å². The van der Waals surface area contributed by atoms with Gasteiger partial charge in [0.1, 0.15) is 11.5 Å². The minimum Gasteiger partial charge on any atom is -0.508 e. The number of fused-ring (bicyclic) bond motifs is 1. The predicted molar refractivity (Wildman–Crippen MR) is 145 cm³/mol. The molecule has 0 aliphatic carbocycles. The van der Waals surface area contributed by atoms with Crippen LogP contribution in [0.25, 0.3) is 16.6 Å². The Morgan fingerprint density at radius 3 is 2.33 bits per heavy atom. The molecule has 0 radical (unpaired) electrons. The maximum atomic E-state index is 10.5.